The van der Waals surface area contributed by atoms with Crippen molar-refractivity contribution < 1.29 is 14.7 Å². The largest absolute Gasteiger partial charge is 0.480 e. The van der Waals surface area contributed by atoms with Gasteiger partial charge in [0, 0.05) is 11.5 Å². The fourth-order valence-corrected chi connectivity index (χ4v) is 2.38. The average molecular weight is 300 g/mol. The first-order valence-corrected chi connectivity index (χ1v) is 7.92. The Labute approximate surface area is 120 Å². The Morgan fingerprint density at radius 3 is 2.89 bits per heavy atom. The van der Waals surface area contributed by atoms with Crippen molar-refractivity contribution in [3.63, 3.8) is 0 Å². The molecule has 0 unspecified atom stereocenters. The lowest BCUT2D eigenvalue weighted by molar-refractivity contribution is -0.141. The lowest BCUT2D eigenvalue weighted by atomic mass is 10.2. The predicted molar refractivity (Wildman–Crippen MR) is 78.5 cm³/mol. The van der Waals surface area contributed by atoms with E-state index in [1.807, 2.05) is 18.6 Å². The molecule has 7 heteroatoms. The van der Waals surface area contributed by atoms with Gasteiger partial charge in [0.1, 0.15) is 6.04 Å². The van der Waals surface area contributed by atoms with Gasteiger partial charge in [-0.15, -0.1) is 11.3 Å². The van der Waals surface area contributed by atoms with E-state index in [0.29, 0.717) is 17.9 Å². The number of carboxylic acids is 1. The molecule has 0 aliphatic rings. The van der Waals surface area contributed by atoms with Gasteiger partial charge in [0.25, 0.3) is 0 Å². The highest BCUT2D eigenvalue weighted by atomic mass is 32.2. The summed E-state index contributed by atoms with van der Waals surface area (Å²) in [7, 11) is 0. The van der Waals surface area contributed by atoms with Gasteiger partial charge in [-0.3, -0.25) is 4.79 Å². The first-order valence-electron chi connectivity index (χ1n) is 5.65. The van der Waals surface area contributed by atoms with E-state index in [1.54, 1.807) is 17.8 Å². The monoisotopic (exact) mass is 300 g/mol. The Kier molecular flexibility index (Phi) is 6.58. The van der Waals surface area contributed by atoms with Crippen LogP contribution < -0.4 is 5.32 Å². The van der Waals surface area contributed by atoms with E-state index in [9.17, 15) is 9.59 Å². The molecule has 2 N–H and O–H groups in total. The molecule has 0 aliphatic carbocycles. The summed E-state index contributed by atoms with van der Waals surface area (Å²) in [6.07, 6.45) is 5.19. The lowest BCUT2D eigenvalue weighted by Crippen LogP contribution is -2.40. The highest BCUT2D eigenvalue weighted by molar-refractivity contribution is 7.98. The van der Waals surface area contributed by atoms with Gasteiger partial charge >= 0.3 is 5.97 Å². The molecule has 0 bridgehead atoms. The number of hydrogen-bond acceptors (Lipinski definition) is 5. The SMILES string of the molecule is CSCC[C@@H](NC(=O)/C=C/c1csc(C)n1)C(=O)O. The summed E-state index contributed by atoms with van der Waals surface area (Å²) >= 11 is 3.04. The van der Waals surface area contributed by atoms with Gasteiger partial charge < -0.3 is 10.4 Å². The van der Waals surface area contributed by atoms with Crippen LogP contribution in [0.4, 0.5) is 0 Å². The third kappa shape index (κ3) is 5.89. The molecular weight excluding hydrogens is 284 g/mol. The third-order valence-corrected chi connectivity index (χ3v) is 3.70. The Hall–Kier alpha value is -1.34. The molecule has 0 fully saturated rings. The van der Waals surface area contributed by atoms with Gasteiger partial charge in [0.2, 0.25) is 5.91 Å². The molecule has 0 spiro atoms. The van der Waals surface area contributed by atoms with Crippen molar-refractivity contribution in [1.82, 2.24) is 10.3 Å². The van der Waals surface area contributed by atoms with Crippen LogP contribution in [0.1, 0.15) is 17.1 Å². The number of aliphatic carboxylic acids is 1. The molecule has 0 aromatic carbocycles. The molecule has 19 heavy (non-hydrogen) atoms. The van der Waals surface area contributed by atoms with Crippen LogP contribution in [0.3, 0.4) is 0 Å². The number of nitrogens with zero attached hydrogens (tertiary/aromatic N) is 1. The molecule has 0 saturated heterocycles. The van der Waals surface area contributed by atoms with Crippen LogP contribution in [-0.2, 0) is 9.59 Å². The van der Waals surface area contributed by atoms with Crippen LogP contribution in [-0.4, -0.2) is 40.0 Å². The van der Waals surface area contributed by atoms with E-state index in [2.05, 4.69) is 10.3 Å². The second-order valence-electron chi connectivity index (χ2n) is 3.81. The predicted octanol–water partition coefficient (Wildman–Crippen LogP) is 1.79. The smallest absolute Gasteiger partial charge is 0.326 e. The standard InChI is InChI=1S/C12H16N2O3S2/c1-8-13-9(7-19-8)3-4-11(15)14-10(12(16)17)5-6-18-2/h3-4,7,10H,5-6H2,1-2H3,(H,14,15)(H,16,17)/b4-3+/t10-/m1/s1. The Bertz CT molecular complexity index is 471. The van der Waals surface area contributed by atoms with Gasteiger partial charge in [-0.2, -0.15) is 11.8 Å². The van der Waals surface area contributed by atoms with Crippen molar-refractivity contribution >= 4 is 41.1 Å². The number of carbonyl (C=O) groups is 2. The summed E-state index contributed by atoms with van der Waals surface area (Å²) in [4.78, 5) is 26.7. The zero-order valence-corrected chi connectivity index (χ0v) is 12.4. The zero-order valence-electron chi connectivity index (χ0n) is 10.8. The maximum atomic E-state index is 11.6. The maximum Gasteiger partial charge on any atom is 0.326 e. The first kappa shape index (κ1) is 15.7. The minimum Gasteiger partial charge on any atom is -0.480 e. The topological polar surface area (TPSA) is 79.3 Å². The highest BCUT2D eigenvalue weighted by Crippen LogP contribution is 2.09. The Balaban J connectivity index is 2.52. The normalized spacial score (nSPS) is 12.5. The minimum atomic E-state index is -1.01. The van der Waals surface area contributed by atoms with Gasteiger partial charge in [-0.05, 0) is 31.4 Å². The summed E-state index contributed by atoms with van der Waals surface area (Å²) in [6.45, 7) is 1.88. The highest BCUT2D eigenvalue weighted by Gasteiger charge is 2.17. The number of nitrogens with one attached hydrogen (secondary N) is 1. The molecule has 1 heterocycles. The van der Waals surface area contributed by atoms with Crippen LogP contribution in [0.2, 0.25) is 0 Å². The average Bonchev–Trinajstić information content (AvgIpc) is 2.77. The lowest BCUT2D eigenvalue weighted by Gasteiger charge is -2.12. The maximum absolute atomic E-state index is 11.6. The van der Waals surface area contributed by atoms with E-state index < -0.39 is 17.9 Å². The van der Waals surface area contributed by atoms with Crippen LogP contribution in [0.5, 0.6) is 0 Å². The molecule has 1 rings (SSSR count). The fourth-order valence-electron chi connectivity index (χ4n) is 1.33. The Morgan fingerprint density at radius 2 is 2.37 bits per heavy atom. The number of hydrogen-bond donors (Lipinski definition) is 2. The van der Waals surface area contributed by atoms with Crippen molar-refractivity contribution in [3.05, 3.63) is 22.2 Å². The van der Waals surface area contributed by atoms with Crippen LogP contribution >= 0.6 is 23.1 Å². The van der Waals surface area contributed by atoms with E-state index in [1.165, 1.54) is 17.4 Å². The molecular formula is C12H16N2O3S2. The summed E-state index contributed by atoms with van der Waals surface area (Å²) in [6, 6.07) is -0.846. The van der Waals surface area contributed by atoms with E-state index >= 15 is 0 Å². The molecule has 0 saturated carbocycles. The molecule has 1 aromatic heterocycles. The van der Waals surface area contributed by atoms with E-state index in [4.69, 9.17) is 5.11 Å². The summed E-state index contributed by atoms with van der Waals surface area (Å²) in [5.41, 5.74) is 0.702. The molecule has 0 radical (unpaired) electrons. The number of amides is 1. The van der Waals surface area contributed by atoms with E-state index in [-0.39, 0.29) is 0 Å². The van der Waals surface area contributed by atoms with Gasteiger partial charge in [-0.1, -0.05) is 0 Å². The van der Waals surface area contributed by atoms with E-state index in [0.717, 1.165) is 5.01 Å². The summed E-state index contributed by atoms with van der Waals surface area (Å²) in [5.74, 6) is -0.744. The number of aromatic nitrogens is 1. The number of thiazole rings is 1. The summed E-state index contributed by atoms with van der Waals surface area (Å²) in [5, 5.41) is 14.2. The first-order chi connectivity index (χ1) is 9.02. The second kappa shape index (κ2) is 7.96. The molecule has 1 aromatic rings. The Morgan fingerprint density at radius 1 is 1.63 bits per heavy atom. The van der Waals surface area contributed by atoms with Gasteiger partial charge in [0.15, 0.2) is 0 Å². The van der Waals surface area contributed by atoms with Gasteiger partial charge in [-0.25, -0.2) is 9.78 Å². The van der Waals surface area contributed by atoms with Crippen molar-refractivity contribution in [2.24, 2.45) is 0 Å². The van der Waals surface area contributed by atoms with Gasteiger partial charge in [0.05, 0.1) is 10.7 Å². The molecule has 1 atom stereocenters. The van der Waals surface area contributed by atoms with Crippen LogP contribution in [0.25, 0.3) is 6.08 Å². The number of aryl methyl sites for hydroxylation is 1. The van der Waals surface area contributed by atoms with Crippen LogP contribution in [0, 0.1) is 6.92 Å². The zero-order chi connectivity index (χ0) is 14.3. The minimum absolute atomic E-state index is 0.409. The molecule has 0 aliphatic heterocycles. The number of carboxylic acid groups (broad SMARTS) is 1. The quantitative estimate of drug-likeness (QED) is 0.751. The molecule has 5 nitrogen and oxygen atoms in total. The third-order valence-electron chi connectivity index (χ3n) is 2.27. The number of rotatable bonds is 7. The fraction of sp³-hybridized carbons (Fsp3) is 0.417. The van der Waals surface area contributed by atoms with Crippen molar-refractivity contribution in [1.29, 1.82) is 0 Å². The number of carbonyl (C=O) groups excluding carboxylic acids is 1. The molecule has 1 amide bonds. The van der Waals surface area contributed by atoms with Crippen molar-refractivity contribution in [2.45, 2.75) is 19.4 Å². The molecule has 104 valence electrons. The van der Waals surface area contributed by atoms with Crippen molar-refractivity contribution in [2.75, 3.05) is 12.0 Å². The number of thioether (sulfide) groups is 1. The summed E-state index contributed by atoms with van der Waals surface area (Å²) < 4.78 is 0. The second-order valence-corrected chi connectivity index (χ2v) is 5.85. The van der Waals surface area contributed by atoms with Crippen LogP contribution in [0.15, 0.2) is 11.5 Å². The van der Waals surface area contributed by atoms with Crippen molar-refractivity contribution in [3.8, 4) is 0 Å².